The van der Waals surface area contributed by atoms with Gasteiger partial charge in [-0.3, -0.25) is 4.79 Å². The van der Waals surface area contributed by atoms with Crippen LogP contribution in [0.3, 0.4) is 0 Å². The highest BCUT2D eigenvalue weighted by Crippen LogP contribution is 1.68. The lowest BCUT2D eigenvalue weighted by atomic mass is 11.4. The van der Waals surface area contributed by atoms with Crippen molar-refractivity contribution in [1.82, 2.24) is 0 Å². The molecule has 0 aromatic rings. The molecule has 0 fully saturated rings. The lowest BCUT2D eigenvalue weighted by Crippen LogP contribution is -2.25. The van der Waals surface area contributed by atoms with Crippen LogP contribution in [0.15, 0.2) is 0 Å². The van der Waals surface area contributed by atoms with Crippen LogP contribution < -0.4 is 5.73 Å². The van der Waals surface area contributed by atoms with Crippen LogP contribution in [0.1, 0.15) is 12.3 Å². The lowest BCUT2D eigenvalue weighted by Gasteiger charge is -1.90. The summed E-state index contributed by atoms with van der Waals surface area (Å²) >= 11 is 0. The zero-order valence-corrected chi connectivity index (χ0v) is 2.93. The van der Waals surface area contributed by atoms with E-state index in [0.29, 0.717) is 0 Å². The van der Waals surface area contributed by atoms with Crippen LogP contribution in [0, 0.1) is 0 Å². The molecule has 36 valence electrons. The van der Waals surface area contributed by atoms with Crippen molar-refractivity contribution in [2.45, 2.75) is 12.9 Å². The van der Waals surface area contributed by atoms with E-state index in [-0.39, 0.29) is 0 Å². The molecule has 0 aliphatic rings. The van der Waals surface area contributed by atoms with Crippen LogP contribution in [-0.2, 0) is 4.79 Å². The monoisotopic (exact) mass is 97.1 g/mol. The summed E-state index contributed by atoms with van der Waals surface area (Å²) in [6.45, 7) is -2.99. The summed E-state index contributed by atoms with van der Waals surface area (Å²) < 4.78 is 26.2. The van der Waals surface area contributed by atoms with Gasteiger partial charge in [0.2, 0.25) is 0 Å². The van der Waals surface area contributed by atoms with Gasteiger partial charge in [0, 0.05) is 4.11 Å². The molecule has 0 aliphatic carbocycles. The van der Waals surface area contributed by atoms with Gasteiger partial charge in [0.1, 0.15) is 6.02 Å². The van der Waals surface area contributed by atoms with Crippen LogP contribution in [0.5, 0.6) is 0 Å². The largest absolute Gasteiger partial charge is 0.480 e. The van der Waals surface area contributed by atoms with E-state index >= 15 is 0 Å². The topological polar surface area (TPSA) is 63.3 Å². The highest BCUT2D eigenvalue weighted by atomic mass is 16.5. The summed E-state index contributed by atoms with van der Waals surface area (Å²) in [6, 6.07) is -2.90. The standard InChI is InChI=1S/C3H7NO2/c1-2(4)3(5)6/h2H,4H2,1H3,(H,5,6)/t2-/m0/s1/i1+1D3,2+1D,3+1,4+1. The molecular weight excluding hydrogens is 86.0 g/mol. The first-order valence-corrected chi connectivity index (χ1v) is 1.22. The molecule has 0 spiro atoms. The van der Waals surface area contributed by atoms with E-state index in [1.165, 1.54) is 0 Å². The van der Waals surface area contributed by atoms with Crippen LogP contribution in [0.25, 0.3) is 0 Å². The van der Waals surface area contributed by atoms with Crippen molar-refractivity contribution < 1.29 is 15.4 Å². The van der Waals surface area contributed by atoms with Crippen molar-refractivity contribution in [3.05, 3.63) is 0 Å². The Hall–Kier alpha value is -0.570. The van der Waals surface area contributed by atoms with Gasteiger partial charge in [-0.15, -0.1) is 0 Å². The van der Waals surface area contributed by atoms with E-state index in [4.69, 9.17) is 10.6 Å². The Kier molecular flexibility index (Phi) is 0.442. The smallest absolute Gasteiger partial charge is 0.320 e. The second-order valence-electron chi connectivity index (χ2n) is 0.719. The number of carboxylic acid groups (broad SMARTS) is 1. The molecule has 0 heterocycles. The minimum Gasteiger partial charge on any atom is -0.480 e. The van der Waals surface area contributed by atoms with Gasteiger partial charge in [0.15, 0.2) is 0 Å². The van der Waals surface area contributed by atoms with Crippen molar-refractivity contribution in [3.8, 4) is 0 Å². The van der Waals surface area contributed by atoms with Gasteiger partial charge in [-0.1, -0.05) is 0 Å². The quantitative estimate of drug-likeness (QED) is 0.340. The predicted octanol–water partition coefficient (Wildman–Crippen LogP) is -0.582. The minimum absolute atomic E-state index is 1.85. The van der Waals surface area contributed by atoms with Crippen molar-refractivity contribution in [2.75, 3.05) is 0 Å². The molecule has 0 saturated heterocycles. The van der Waals surface area contributed by atoms with Gasteiger partial charge in [-0.05, 0) is 6.85 Å². The maximum absolute atomic E-state index is 10.00. The van der Waals surface area contributed by atoms with Crippen LogP contribution in [0.2, 0.25) is 0 Å². The fraction of sp³-hybridized carbons (Fsp3) is 0.667. The average molecular weight is 97.1 g/mol. The normalized spacial score (nSPS) is 30.8. The first-order chi connectivity index (χ1) is 4.19. The SMILES string of the molecule is [2H][13C]([2H])([2H])[13C@]([2H])([15NH2])[13C](=O)O. The lowest BCUT2D eigenvalue weighted by molar-refractivity contribution is -0.138. The van der Waals surface area contributed by atoms with Gasteiger partial charge in [-0.25, -0.2) is 0 Å². The fourth-order valence-corrected chi connectivity index (χ4v) is 0. The first kappa shape index (κ1) is 1.50. The van der Waals surface area contributed by atoms with E-state index in [1.54, 1.807) is 0 Å². The molecule has 0 aromatic carbocycles. The van der Waals surface area contributed by atoms with Gasteiger partial charge in [0.05, 0.1) is 1.37 Å². The molecule has 0 saturated carbocycles. The highest BCUT2D eigenvalue weighted by Gasteiger charge is 1.99. The van der Waals surface area contributed by atoms with Gasteiger partial charge in [0.25, 0.3) is 0 Å². The molecule has 0 aliphatic heterocycles. The molecule has 6 heavy (non-hydrogen) atoms. The maximum Gasteiger partial charge on any atom is 0.320 e. The van der Waals surface area contributed by atoms with Gasteiger partial charge in [-0.2, -0.15) is 0 Å². The summed E-state index contributed by atoms with van der Waals surface area (Å²) in [4.78, 5) is 10.00. The molecule has 0 aromatic heterocycles. The number of nitrogens with two attached hydrogens (primary N) is 1. The number of hydrogen-bond acceptors (Lipinski definition) is 2. The summed E-state index contributed by atoms with van der Waals surface area (Å²) in [5.74, 6) is -1.85. The molecule has 3 N–H and O–H groups in total. The number of aliphatic carboxylic acids is 1. The Morgan fingerprint density at radius 2 is 3.00 bits per heavy atom. The van der Waals surface area contributed by atoms with E-state index in [1.807, 2.05) is 0 Å². The second kappa shape index (κ2) is 1.77. The second-order valence-corrected chi connectivity index (χ2v) is 0.719. The number of carboxylic acids is 1. The summed E-state index contributed by atoms with van der Waals surface area (Å²) in [6.07, 6.45) is 0. The van der Waals surface area contributed by atoms with Crippen LogP contribution in [0.4, 0.5) is 0 Å². The van der Waals surface area contributed by atoms with Crippen LogP contribution in [-0.4, -0.2) is 17.1 Å². The van der Waals surface area contributed by atoms with E-state index in [9.17, 15) is 4.79 Å². The Morgan fingerprint density at radius 1 is 2.50 bits per heavy atom. The zero-order chi connectivity index (χ0) is 8.58. The van der Waals surface area contributed by atoms with Gasteiger partial charge < -0.3 is 10.8 Å². The maximum atomic E-state index is 10.00. The third kappa shape index (κ3) is 1.72. The molecule has 0 rings (SSSR count). The summed E-state index contributed by atoms with van der Waals surface area (Å²) in [5, 5.41) is 8.10. The molecule has 0 radical (unpaired) electrons. The first-order valence-electron chi connectivity index (χ1n) is 3.22. The highest BCUT2D eigenvalue weighted by molar-refractivity contribution is 5.72. The predicted molar refractivity (Wildman–Crippen MR) is 21.3 cm³/mol. The number of carbonyl (C=O) groups is 1. The van der Waals surface area contributed by atoms with Crippen molar-refractivity contribution in [3.63, 3.8) is 0 Å². The Labute approximate surface area is 41.4 Å². The molecule has 1 atom stereocenters. The molecule has 0 bridgehead atoms. The molecule has 3 heteroatoms. The Morgan fingerprint density at radius 3 is 3.00 bits per heavy atom. The summed E-state index contributed by atoms with van der Waals surface area (Å²) in [5.41, 5.74) is 4.64. The van der Waals surface area contributed by atoms with Crippen LogP contribution >= 0.6 is 0 Å². The Balaban J connectivity index is 4.57. The molecule has 0 unspecified atom stereocenters. The molecule has 0 amide bonds. The zero-order valence-electron chi connectivity index (χ0n) is 6.93. The van der Waals surface area contributed by atoms with E-state index in [0.717, 1.165) is 0 Å². The third-order valence-corrected chi connectivity index (χ3v) is 0.230. The minimum atomic E-state index is -2.99. The number of rotatable bonds is 1. The Bertz CT molecular complexity index is 151. The fourth-order valence-electron chi connectivity index (χ4n) is 0. The van der Waals surface area contributed by atoms with Gasteiger partial charge >= 0.3 is 5.97 Å². The molecular formula is C3H7NO2. The van der Waals surface area contributed by atoms with Crippen molar-refractivity contribution in [1.29, 1.82) is 0 Å². The van der Waals surface area contributed by atoms with Crippen molar-refractivity contribution >= 4 is 5.97 Å². The third-order valence-electron chi connectivity index (χ3n) is 0.230. The summed E-state index contributed by atoms with van der Waals surface area (Å²) in [7, 11) is 0. The molecule has 3 nitrogen and oxygen atoms in total. The van der Waals surface area contributed by atoms with E-state index < -0.39 is 18.8 Å². The average Bonchev–Trinajstić information content (AvgIpc) is 1.62. The van der Waals surface area contributed by atoms with Crippen molar-refractivity contribution in [2.24, 2.45) is 5.73 Å². The number of hydrogen-bond donors (Lipinski definition) is 2. The van der Waals surface area contributed by atoms with E-state index in [2.05, 4.69) is 5.73 Å².